The lowest BCUT2D eigenvalue weighted by atomic mass is 10.1. The first-order valence-electron chi connectivity index (χ1n) is 8.36. The van der Waals surface area contributed by atoms with E-state index in [1.165, 1.54) is 16.7 Å². The van der Waals surface area contributed by atoms with E-state index in [9.17, 15) is 4.79 Å². The molecule has 1 aromatic carbocycles. The molecule has 0 unspecified atom stereocenters. The summed E-state index contributed by atoms with van der Waals surface area (Å²) < 4.78 is 5.46. The summed E-state index contributed by atoms with van der Waals surface area (Å²) in [6, 6.07) is 6.61. The molecule has 1 aromatic rings. The molecule has 0 aliphatic heterocycles. The van der Waals surface area contributed by atoms with E-state index >= 15 is 0 Å². The van der Waals surface area contributed by atoms with E-state index in [1.807, 2.05) is 34.6 Å². The number of aryl methyl sites for hydroxylation is 2. The van der Waals surface area contributed by atoms with Crippen LogP contribution >= 0.6 is 0 Å². The highest BCUT2D eigenvalue weighted by Crippen LogP contribution is 2.12. The molecule has 0 saturated carbocycles. The van der Waals surface area contributed by atoms with E-state index in [1.54, 1.807) is 4.90 Å². The molecule has 4 heteroatoms. The molecular formula is C19H32N2O2. The van der Waals surface area contributed by atoms with Gasteiger partial charge in [0.25, 0.3) is 0 Å². The van der Waals surface area contributed by atoms with E-state index < -0.39 is 5.60 Å². The molecule has 1 rings (SSSR count). The molecule has 1 N–H and O–H groups in total. The molecule has 0 spiro atoms. The van der Waals surface area contributed by atoms with Crippen LogP contribution in [0, 0.1) is 13.8 Å². The second kappa shape index (κ2) is 8.34. The summed E-state index contributed by atoms with van der Waals surface area (Å²) in [7, 11) is 0. The second-order valence-corrected chi connectivity index (χ2v) is 7.36. The number of nitrogens with one attached hydrogen (secondary N) is 1. The summed E-state index contributed by atoms with van der Waals surface area (Å²) in [6.45, 7) is 16.1. The van der Waals surface area contributed by atoms with Gasteiger partial charge in [0.15, 0.2) is 0 Å². The van der Waals surface area contributed by atoms with Crippen LogP contribution < -0.4 is 5.32 Å². The largest absolute Gasteiger partial charge is 0.444 e. The number of benzene rings is 1. The second-order valence-electron chi connectivity index (χ2n) is 7.36. The summed E-state index contributed by atoms with van der Waals surface area (Å²) in [5, 5.41) is 3.40. The Morgan fingerprint density at radius 2 is 1.87 bits per heavy atom. The van der Waals surface area contributed by atoms with Crippen LogP contribution in [0.25, 0.3) is 0 Å². The molecule has 0 saturated heterocycles. The van der Waals surface area contributed by atoms with Gasteiger partial charge in [-0.1, -0.05) is 18.2 Å². The predicted molar refractivity (Wildman–Crippen MR) is 95.7 cm³/mol. The topological polar surface area (TPSA) is 41.6 Å². The Kier molecular flexibility index (Phi) is 7.07. The van der Waals surface area contributed by atoms with E-state index in [-0.39, 0.29) is 12.1 Å². The molecule has 4 nitrogen and oxygen atoms in total. The van der Waals surface area contributed by atoms with Crippen LogP contribution in [0.15, 0.2) is 18.2 Å². The molecule has 0 aliphatic rings. The Hall–Kier alpha value is -1.55. The number of ether oxygens (including phenoxy) is 1. The van der Waals surface area contributed by atoms with Crippen molar-refractivity contribution in [2.45, 2.75) is 66.7 Å². The average molecular weight is 320 g/mol. The van der Waals surface area contributed by atoms with Gasteiger partial charge in [-0.25, -0.2) is 4.79 Å². The Bertz CT molecular complexity index is 519. The average Bonchev–Trinajstić information content (AvgIpc) is 2.40. The van der Waals surface area contributed by atoms with Gasteiger partial charge >= 0.3 is 6.09 Å². The summed E-state index contributed by atoms with van der Waals surface area (Å²) in [6.07, 6.45) is -0.250. The lowest BCUT2D eigenvalue weighted by Crippen LogP contribution is -2.44. The Morgan fingerprint density at radius 3 is 2.39 bits per heavy atom. The van der Waals surface area contributed by atoms with Crippen molar-refractivity contribution in [3.8, 4) is 0 Å². The number of carbonyl (C=O) groups excluding carboxylic acids is 1. The van der Waals surface area contributed by atoms with Crippen LogP contribution in [0.3, 0.4) is 0 Å². The van der Waals surface area contributed by atoms with Gasteiger partial charge in [-0.2, -0.15) is 0 Å². The van der Waals surface area contributed by atoms with Gasteiger partial charge in [-0.3, -0.25) is 0 Å². The van der Waals surface area contributed by atoms with E-state index in [4.69, 9.17) is 4.74 Å². The Balaban J connectivity index is 2.47. The highest BCUT2D eigenvalue weighted by Gasteiger charge is 2.23. The van der Waals surface area contributed by atoms with Crippen molar-refractivity contribution in [2.75, 3.05) is 13.1 Å². The highest BCUT2D eigenvalue weighted by molar-refractivity contribution is 5.68. The number of rotatable bonds is 6. The van der Waals surface area contributed by atoms with E-state index in [0.29, 0.717) is 6.54 Å². The Morgan fingerprint density at radius 1 is 1.22 bits per heavy atom. The van der Waals surface area contributed by atoms with Crippen molar-refractivity contribution in [1.82, 2.24) is 10.2 Å². The van der Waals surface area contributed by atoms with Crippen LogP contribution in [-0.2, 0) is 11.3 Å². The number of hydrogen-bond donors (Lipinski definition) is 1. The van der Waals surface area contributed by atoms with Crippen LogP contribution in [-0.4, -0.2) is 35.7 Å². The molecular weight excluding hydrogens is 288 g/mol. The maximum Gasteiger partial charge on any atom is 0.410 e. The molecule has 0 aliphatic carbocycles. The minimum absolute atomic E-state index is 0.119. The first-order chi connectivity index (χ1) is 10.6. The number of carbonyl (C=O) groups is 1. The zero-order chi connectivity index (χ0) is 17.6. The maximum atomic E-state index is 12.2. The van der Waals surface area contributed by atoms with Gasteiger partial charge < -0.3 is 15.0 Å². The molecule has 0 heterocycles. The first-order valence-corrected chi connectivity index (χ1v) is 8.36. The maximum absolute atomic E-state index is 12.2. The van der Waals surface area contributed by atoms with Gasteiger partial charge in [-0.15, -0.1) is 0 Å². The SMILES string of the molecule is Cc1ccc(CNCCN(C(=O)OC(C)(C)C)C(C)C)cc1C. The monoisotopic (exact) mass is 320 g/mol. The predicted octanol–water partition coefficient (Wildman–Crippen LogP) is 4.04. The fourth-order valence-corrected chi connectivity index (χ4v) is 2.23. The quantitative estimate of drug-likeness (QED) is 0.804. The van der Waals surface area contributed by atoms with Crippen LogP contribution in [0.4, 0.5) is 4.79 Å². The van der Waals surface area contributed by atoms with Gasteiger partial charge in [0.05, 0.1) is 0 Å². The molecule has 0 fully saturated rings. The zero-order valence-electron chi connectivity index (χ0n) is 15.7. The lowest BCUT2D eigenvalue weighted by molar-refractivity contribution is 0.0193. The molecule has 130 valence electrons. The number of nitrogens with zero attached hydrogens (tertiary/aromatic N) is 1. The van der Waals surface area contributed by atoms with Gasteiger partial charge in [-0.05, 0) is 65.2 Å². The van der Waals surface area contributed by atoms with Gasteiger partial charge in [0.2, 0.25) is 0 Å². The van der Waals surface area contributed by atoms with Crippen molar-refractivity contribution in [3.63, 3.8) is 0 Å². The fraction of sp³-hybridized carbons (Fsp3) is 0.632. The van der Waals surface area contributed by atoms with E-state index in [0.717, 1.165) is 13.1 Å². The minimum Gasteiger partial charge on any atom is -0.444 e. The third-order valence-electron chi connectivity index (χ3n) is 3.68. The Labute approximate surface area is 141 Å². The molecule has 1 amide bonds. The van der Waals surface area contributed by atoms with Gasteiger partial charge in [0, 0.05) is 25.7 Å². The van der Waals surface area contributed by atoms with Crippen LogP contribution in [0.2, 0.25) is 0 Å². The third-order valence-corrected chi connectivity index (χ3v) is 3.68. The molecule has 23 heavy (non-hydrogen) atoms. The molecule has 0 radical (unpaired) electrons. The van der Waals surface area contributed by atoms with Crippen molar-refractivity contribution in [2.24, 2.45) is 0 Å². The standard InChI is InChI=1S/C19H32N2O2/c1-14(2)21(18(22)23-19(5,6)7)11-10-20-13-17-9-8-15(3)16(4)12-17/h8-9,12,14,20H,10-11,13H2,1-7H3. The minimum atomic E-state index is -0.461. The molecule has 0 aromatic heterocycles. The summed E-state index contributed by atoms with van der Waals surface area (Å²) in [5.74, 6) is 0. The fourth-order valence-electron chi connectivity index (χ4n) is 2.23. The molecule has 0 bridgehead atoms. The number of amides is 1. The van der Waals surface area contributed by atoms with Gasteiger partial charge in [0.1, 0.15) is 5.60 Å². The van der Waals surface area contributed by atoms with Crippen LogP contribution in [0.1, 0.15) is 51.3 Å². The van der Waals surface area contributed by atoms with Crippen molar-refractivity contribution >= 4 is 6.09 Å². The zero-order valence-corrected chi connectivity index (χ0v) is 15.7. The lowest BCUT2D eigenvalue weighted by Gasteiger charge is -2.30. The normalized spacial score (nSPS) is 11.7. The number of hydrogen-bond acceptors (Lipinski definition) is 3. The third kappa shape index (κ3) is 7.04. The summed E-state index contributed by atoms with van der Waals surface area (Å²) in [4.78, 5) is 14.0. The van der Waals surface area contributed by atoms with E-state index in [2.05, 4.69) is 37.4 Å². The smallest absolute Gasteiger partial charge is 0.410 e. The van der Waals surface area contributed by atoms with Crippen molar-refractivity contribution in [3.05, 3.63) is 34.9 Å². The van der Waals surface area contributed by atoms with Crippen LogP contribution in [0.5, 0.6) is 0 Å². The summed E-state index contributed by atoms with van der Waals surface area (Å²) >= 11 is 0. The van der Waals surface area contributed by atoms with Crippen molar-refractivity contribution < 1.29 is 9.53 Å². The molecule has 0 atom stereocenters. The highest BCUT2D eigenvalue weighted by atomic mass is 16.6. The first kappa shape index (κ1) is 19.5. The van der Waals surface area contributed by atoms with Crippen molar-refractivity contribution in [1.29, 1.82) is 0 Å². The summed E-state index contributed by atoms with van der Waals surface area (Å²) in [5.41, 5.74) is 3.42.